The van der Waals surface area contributed by atoms with E-state index in [1.165, 1.54) is 39.5 Å². The van der Waals surface area contributed by atoms with Gasteiger partial charge in [0.15, 0.2) is 11.0 Å². The van der Waals surface area contributed by atoms with Crippen molar-refractivity contribution in [3.8, 4) is 22.1 Å². The van der Waals surface area contributed by atoms with Crippen LogP contribution in [0.2, 0.25) is 5.15 Å². The van der Waals surface area contributed by atoms with Crippen molar-refractivity contribution in [3.05, 3.63) is 40.7 Å². The van der Waals surface area contributed by atoms with Crippen LogP contribution in [0, 0.1) is 12.7 Å². The number of nitrogens with zero attached hydrogens (tertiary/aromatic N) is 4. The number of aryl methyl sites for hydroxylation is 1. The molecule has 3 aromatic rings. The van der Waals surface area contributed by atoms with Crippen molar-refractivity contribution >= 4 is 34.0 Å². The lowest BCUT2D eigenvalue weighted by molar-refractivity contribution is 0.102. The summed E-state index contributed by atoms with van der Waals surface area (Å²) in [5, 5.41) is 10.3. The highest BCUT2D eigenvalue weighted by atomic mass is 35.5. The summed E-state index contributed by atoms with van der Waals surface area (Å²) in [4.78, 5) is 20.6. The van der Waals surface area contributed by atoms with Crippen molar-refractivity contribution < 1.29 is 23.4 Å². The SMILES string of the molecule is C1CCOC1.CC.COc1nnc(NC(=O)c2cnc(C)cc2-c2c(OC)cnc(Cl)c2F)s1. The van der Waals surface area contributed by atoms with Gasteiger partial charge in [-0.05, 0) is 37.2 Å². The van der Waals surface area contributed by atoms with Crippen molar-refractivity contribution in [2.45, 2.75) is 33.6 Å². The summed E-state index contributed by atoms with van der Waals surface area (Å²) in [7, 11) is 2.81. The summed E-state index contributed by atoms with van der Waals surface area (Å²) in [6.45, 7) is 7.72. The Morgan fingerprint density at radius 3 is 2.41 bits per heavy atom. The summed E-state index contributed by atoms with van der Waals surface area (Å²) in [5.74, 6) is -1.21. The van der Waals surface area contributed by atoms with Crippen LogP contribution in [0.5, 0.6) is 10.9 Å². The number of ether oxygens (including phenoxy) is 3. The predicted octanol–water partition coefficient (Wildman–Crippen LogP) is 5.19. The summed E-state index contributed by atoms with van der Waals surface area (Å²) < 4.78 is 29.8. The van der Waals surface area contributed by atoms with E-state index in [-0.39, 0.29) is 32.7 Å². The second kappa shape index (κ2) is 13.7. The number of aromatic nitrogens is 4. The Hall–Kier alpha value is -2.89. The molecule has 0 atom stereocenters. The van der Waals surface area contributed by atoms with Crippen LogP contribution in [0.1, 0.15) is 42.7 Å². The topological polar surface area (TPSA) is 108 Å². The number of amides is 1. The van der Waals surface area contributed by atoms with E-state index in [0.717, 1.165) is 24.6 Å². The zero-order chi connectivity index (χ0) is 25.1. The fourth-order valence-corrected chi connectivity index (χ4v) is 3.52. The highest BCUT2D eigenvalue weighted by Crippen LogP contribution is 2.37. The largest absolute Gasteiger partial charge is 0.494 e. The third kappa shape index (κ3) is 7.05. The first-order chi connectivity index (χ1) is 16.4. The third-order valence-corrected chi connectivity index (χ3v) is 5.41. The molecule has 12 heteroatoms. The van der Waals surface area contributed by atoms with Gasteiger partial charge in [-0.1, -0.05) is 30.5 Å². The lowest BCUT2D eigenvalue weighted by Crippen LogP contribution is -2.14. The van der Waals surface area contributed by atoms with Gasteiger partial charge in [-0.25, -0.2) is 9.37 Å². The maximum absolute atomic E-state index is 14.7. The smallest absolute Gasteiger partial charge is 0.295 e. The van der Waals surface area contributed by atoms with Crippen LogP contribution < -0.4 is 14.8 Å². The second-order valence-electron chi connectivity index (χ2n) is 6.53. The summed E-state index contributed by atoms with van der Waals surface area (Å²) >= 11 is 6.87. The van der Waals surface area contributed by atoms with Gasteiger partial charge in [-0.2, -0.15) is 0 Å². The molecule has 0 aromatic carbocycles. The maximum Gasteiger partial charge on any atom is 0.295 e. The number of methoxy groups -OCH3 is 2. The van der Waals surface area contributed by atoms with Crippen LogP contribution in [0.4, 0.5) is 9.52 Å². The average molecular weight is 512 g/mol. The van der Waals surface area contributed by atoms with E-state index in [9.17, 15) is 9.18 Å². The van der Waals surface area contributed by atoms with E-state index in [2.05, 4.69) is 25.5 Å². The molecule has 1 amide bonds. The molecule has 4 rings (SSSR count). The monoisotopic (exact) mass is 511 g/mol. The Bertz CT molecular complexity index is 1090. The molecule has 1 N–H and O–H groups in total. The standard InChI is InChI=1S/C16H13ClFN5O3S.C4H8O.C2H6/c1-7-4-8(11-10(25-2)6-20-13(17)12(11)18)9(5-19-7)14(24)21-15-22-23-16(26-3)27-15;1-2-4-5-3-1;1-2/h4-6H,1-3H3,(H,21,22,24);1-4H2;1-2H3. The van der Waals surface area contributed by atoms with Gasteiger partial charge < -0.3 is 14.2 Å². The molecule has 34 heavy (non-hydrogen) atoms. The van der Waals surface area contributed by atoms with E-state index in [0.29, 0.717) is 10.9 Å². The molecular formula is C22H27ClFN5O4S. The highest BCUT2D eigenvalue weighted by molar-refractivity contribution is 7.17. The minimum atomic E-state index is -0.798. The first-order valence-corrected chi connectivity index (χ1v) is 11.8. The van der Waals surface area contributed by atoms with Gasteiger partial charge >= 0.3 is 0 Å². The molecular weight excluding hydrogens is 485 g/mol. The number of halogens is 2. The first-order valence-electron chi connectivity index (χ1n) is 10.6. The Balaban J connectivity index is 0.000000507. The minimum Gasteiger partial charge on any atom is -0.494 e. The molecule has 1 saturated heterocycles. The number of rotatable bonds is 5. The summed E-state index contributed by atoms with van der Waals surface area (Å²) in [6, 6.07) is 1.56. The van der Waals surface area contributed by atoms with E-state index in [1.807, 2.05) is 13.8 Å². The quantitative estimate of drug-likeness (QED) is 0.466. The number of pyridine rings is 2. The molecule has 0 aliphatic carbocycles. The summed E-state index contributed by atoms with van der Waals surface area (Å²) in [6.07, 6.45) is 5.18. The van der Waals surface area contributed by atoms with Gasteiger partial charge in [0, 0.05) is 30.7 Å². The van der Waals surface area contributed by atoms with Gasteiger partial charge in [0.05, 0.1) is 31.5 Å². The molecule has 3 aromatic heterocycles. The molecule has 1 aliphatic heterocycles. The van der Waals surface area contributed by atoms with Gasteiger partial charge in [0.25, 0.3) is 11.1 Å². The van der Waals surface area contributed by atoms with Crippen LogP contribution in [0.25, 0.3) is 11.1 Å². The summed E-state index contributed by atoms with van der Waals surface area (Å²) in [5.41, 5.74) is 0.959. The van der Waals surface area contributed by atoms with Crippen LogP contribution in [-0.4, -0.2) is 53.5 Å². The van der Waals surface area contributed by atoms with Crippen molar-refractivity contribution in [1.82, 2.24) is 20.2 Å². The zero-order valence-corrected chi connectivity index (χ0v) is 21.2. The van der Waals surface area contributed by atoms with Gasteiger partial charge in [-0.3, -0.25) is 15.1 Å². The van der Waals surface area contributed by atoms with Crippen LogP contribution in [0.15, 0.2) is 18.5 Å². The van der Waals surface area contributed by atoms with Crippen LogP contribution >= 0.6 is 22.9 Å². The fourth-order valence-electron chi connectivity index (χ4n) is 2.82. The average Bonchev–Trinajstić information content (AvgIpc) is 3.57. The molecule has 0 unspecified atom stereocenters. The van der Waals surface area contributed by atoms with E-state index >= 15 is 0 Å². The third-order valence-electron chi connectivity index (χ3n) is 4.35. The second-order valence-corrected chi connectivity index (χ2v) is 7.83. The van der Waals surface area contributed by atoms with Crippen molar-refractivity contribution in [1.29, 1.82) is 0 Å². The Morgan fingerprint density at radius 1 is 1.15 bits per heavy atom. The van der Waals surface area contributed by atoms with Gasteiger partial charge in [0.1, 0.15) is 5.75 Å². The maximum atomic E-state index is 14.7. The molecule has 0 spiro atoms. The molecule has 9 nitrogen and oxygen atoms in total. The molecule has 4 heterocycles. The van der Waals surface area contributed by atoms with E-state index < -0.39 is 11.7 Å². The van der Waals surface area contributed by atoms with Crippen LogP contribution in [0.3, 0.4) is 0 Å². The van der Waals surface area contributed by atoms with Crippen molar-refractivity contribution in [3.63, 3.8) is 0 Å². The van der Waals surface area contributed by atoms with E-state index in [1.54, 1.807) is 13.0 Å². The lowest BCUT2D eigenvalue weighted by Gasteiger charge is -2.14. The molecule has 1 fully saturated rings. The fraction of sp³-hybridized carbons (Fsp3) is 0.409. The minimum absolute atomic E-state index is 0.0167. The van der Waals surface area contributed by atoms with Crippen molar-refractivity contribution in [2.24, 2.45) is 0 Å². The Kier molecular flexibility index (Phi) is 11.0. The zero-order valence-electron chi connectivity index (χ0n) is 19.6. The number of hydrogen-bond acceptors (Lipinski definition) is 9. The predicted molar refractivity (Wildman–Crippen MR) is 130 cm³/mol. The number of anilines is 1. The molecule has 1 aliphatic rings. The first kappa shape index (κ1) is 27.4. The molecule has 0 bridgehead atoms. The number of nitrogens with one attached hydrogen (secondary N) is 1. The van der Waals surface area contributed by atoms with Gasteiger partial charge in [0.2, 0.25) is 5.13 Å². The van der Waals surface area contributed by atoms with Crippen LogP contribution in [-0.2, 0) is 4.74 Å². The highest BCUT2D eigenvalue weighted by Gasteiger charge is 2.23. The number of carbonyl (C=O) groups excluding carboxylic acids is 1. The van der Waals surface area contributed by atoms with Crippen molar-refractivity contribution in [2.75, 3.05) is 32.8 Å². The Labute approximate surface area is 206 Å². The normalized spacial score (nSPS) is 12.1. The molecule has 0 saturated carbocycles. The number of carbonyl (C=O) groups is 1. The Morgan fingerprint density at radius 2 is 1.85 bits per heavy atom. The molecule has 0 radical (unpaired) electrons. The van der Waals surface area contributed by atoms with E-state index in [4.69, 9.17) is 25.8 Å². The molecule has 184 valence electrons. The number of hydrogen-bond donors (Lipinski definition) is 1. The lowest BCUT2D eigenvalue weighted by atomic mass is 10.00. The van der Waals surface area contributed by atoms with Gasteiger partial charge in [-0.15, -0.1) is 5.10 Å².